The zero-order chi connectivity index (χ0) is 31.0. The molecule has 2 N–H and O–H groups in total. The standard InChI is InChI=1S/C30H43Cl2N3O6S/c1-20-16-35(21(2)19-36)30(37)25-15-24(33-42(5,38)39)10-12-28(25)41-22(3)8-6-7-13-40-29(20)18-34(4)17-23-9-11-26(31)27(32)14-23/h9-12,14-15,20-22,29,33,36H,6-8,13,16-19H2,1-5H3/t20-,21+,22+,29+/m0/s1. The molecule has 0 aliphatic carbocycles. The number of hydrogen-bond acceptors (Lipinski definition) is 7. The summed E-state index contributed by atoms with van der Waals surface area (Å²) in [7, 11) is -1.55. The van der Waals surface area contributed by atoms with Gasteiger partial charge in [-0.1, -0.05) is 36.2 Å². The fourth-order valence-electron chi connectivity index (χ4n) is 4.98. The summed E-state index contributed by atoms with van der Waals surface area (Å²) in [5.41, 5.74) is 1.52. The summed E-state index contributed by atoms with van der Waals surface area (Å²) in [6, 6.07) is 9.79. The van der Waals surface area contributed by atoms with Crippen molar-refractivity contribution < 1.29 is 27.8 Å². The van der Waals surface area contributed by atoms with Crippen LogP contribution in [0, 0.1) is 5.92 Å². The molecule has 9 nitrogen and oxygen atoms in total. The lowest BCUT2D eigenvalue weighted by Gasteiger charge is -2.36. The lowest BCUT2D eigenvalue weighted by atomic mass is 10.0. The summed E-state index contributed by atoms with van der Waals surface area (Å²) in [4.78, 5) is 17.9. The van der Waals surface area contributed by atoms with Gasteiger partial charge in [-0.2, -0.15) is 0 Å². The molecule has 1 aliphatic heterocycles. The summed E-state index contributed by atoms with van der Waals surface area (Å²) in [6.07, 6.45) is 3.17. The smallest absolute Gasteiger partial charge is 0.258 e. The molecule has 0 radical (unpaired) electrons. The molecule has 0 fully saturated rings. The summed E-state index contributed by atoms with van der Waals surface area (Å²) in [5.74, 6) is -0.0777. The molecule has 1 heterocycles. The van der Waals surface area contributed by atoms with Crippen molar-refractivity contribution in [2.24, 2.45) is 5.92 Å². The molecule has 1 aliphatic rings. The normalized spacial score (nSPS) is 21.8. The number of hydrogen-bond donors (Lipinski definition) is 2. The van der Waals surface area contributed by atoms with E-state index in [0.29, 0.717) is 42.0 Å². The highest BCUT2D eigenvalue weighted by Crippen LogP contribution is 2.29. The Labute approximate surface area is 260 Å². The van der Waals surface area contributed by atoms with Crippen LogP contribution in [0.2, 0.25) is 10.0 Å². The van der Waals surface area contributed by atoms with Crippen molar-refractivity contribution in [3.63, 3.8) is 0 Å². The summed E-state index contributed by atoms with van der Waals surface area (Å²) in [5, 5.41) is 11.1. The first-order chi connectivity index (χ1) is 19.8. The van der Waals surface area contributed by atoms with Gasteiger partial charge in [0.15, 0.2) is 0 Å². The highest BCUT2D eigenvalue weighted by atomic mass is 35.5. The number of nitrogens with one attached hydrogen (secondary N) is 1. The van der Waals surface area contributed by atoms with Crippen LogP contribution >= 0.6 is 23.2 Å². The van der Waals surface area contributed by atoms with Gasteiger partial charge in [0.1, 0.15) is 5.75 Å². The van der Waals surface area contributed by atoms with Crippen LogP contribution in [0.4, 0.5) is 5.69 Å². The van der Waals surface area contributed by atoms with E-state index >= 15 is 0 Å². The third-order valence-electron chi connectivity index (χ3n) is 7.28. The zero-order valence-electron chi connectivity index (χ0n) is 25.0. The fourth-order valence-corrected chi connectivity index (χ4v) is 5.86. The van der Waals surface area contributed by atoms with Crippen molar-refractivity contribution in [2.45, 2.75) is 64.8 Å². The van der Waals surface area contributed by atoms with Crippen molar-refractivity contribution in [3.8, 4) is 5.75 Å². The Morgan fingerprint density at radius 2 is 1.88 bits per heavy atom. The number of aliphatic hydroxyl groups is 1. The average molecular weight is 645 g/mol. The van der Waals surface area contributed by atoms with Gasteiger partial charge in [0.2, 0.25) is 10.0 Å². The van der Waals surface area contributed by atoms with E-state index in [-0.39, 0.29) is 41.9 Å². The van der Waals surface area contributed by atoms with Gasteiger partial charge in [-0.15, -0.1) is 0 Å². The molecular formula is C30H43Cl2N3O6S. The number of nitrogens with zero attached hydrogens (tertiary/aromatic N) is 2. The number of carbonyl (C=O) groups excluding carboxylic acids is 1. The maximum atomic E-state index is 14.1. The molecule has 2 aromatic rings. The van der Waals surface area contributed by atoms with Crippen LogP contribution in [0.15, 0.2) is 36.4 Å². The van der Waals surface area contributed by atoms with E-state index in [1.54, 1.807) is 30.0 Å². The summed E-state index contributed by atoms with van der Waals surface area (Å²) < 4.78 is 38.9. The second kappa shape index (κ2) is 15.6. The zero-order valence-corrected chi connectivity index (χ0v) is 27.3. The molecule has 0 aromatic heterocycles. The Balaban J connectivity index is 1.92. The quantitative estimate of drug-likeness (QED) is 0.402. The van der Waals surface area contributed by atoms with Crippen molar-refractivity contribution in [1.29, 1.82) is 0 Å². The van der Waals surface area contributed by atoms with Gasteiger partial charge in [-0.25, -0.2) is 8.42 Å². The van der Waals surface area contributed by atoms with Crippen LogP contribution in [0.3, 0.4) is 0 Å². The molecule has 42 heavy (non-hydrogen) atoms. The summed E-state index contributed by atoms with van der Waals surface area (Å²) >= 11 is 12.3. The molecule has 12 heteroatoms. The van der Waals surface area contributed by atoms with Crippen molar-refractivity contribution in [2.75, 3.05) is 44.3 Å². The number of benzene rings is 2. The van der Waals surface area contributed by atoms with Crippen LogP contribution in [0.5, 0.6) is 5.75 Å². The van der Waals surface area contributed by atoms with E-state index in [1.165, 1.54) is 6.07 Å². The topological polar surface area (TPSA) is 108 Å². The maximum absolute atomic E-state index is 14.1. The molecular weight excluding hydrogens is 601 g/mol. The number of likely N-dealkylation sites (N-methyl/N-ethyl adjacent to an activating group) is 1. The highest BCUT2D eigenvalue weighted by molar-refractivity contribution is 7.92. The largest absolute Gasteiger partial charge is 0.490 e. The van der Waals surface area contributed by atoms with Crippen molar-refractivity contribution in [1.82, 2.24) is 9.80 Å². The second-order valence-electron chi connectivity index (χ2n) is 11.3. The third kappa shape index (κ3) is 10.3. The van der Waals surface area contributed by atoms with Gasteiger partial charge < -0.3 is 19.5 Å². The Kier molecular flexibility index (Phi) is 12.8. The van der Waals surface area contributed by atoms with E-state index in [4.69, 9.17) is 32.7 Å². The number of fused-ring (bicyclic) bond motifs is 1. The number of aliphatic hydroxyl groups excluding tert-OH is 1. The minimum atomic E-state index is -3.56. The molecule has 3 rings (SSSR count). The first kappa shape index (κ1) is 34.4. The number of ether oxygens (including phenoxy) is 2. The predicted octanol–water partition coefficient (Wildman–Crippen LogP) is 5.29. The Morgan fingerprint density at radius 3 is 2.55 bits per heavy atom. The number of amides is 1. The highest BCUT2D eigenvalue weighted by Gasteiger charge is 2.30. The number of carbonyl (C=O) groups is 1. The average Bonchev–Trinajstić information content (AvgIpc) is 2.91. The molecule has 0 bridgehead atoms. The van der Waals surface area contributed by atoms with Crippen LogP contribution in [-0.4, -0.2) is 87.1 Å². The first-order valence-corrected chi connectivity index (χ1v) is 16.9. The van der Waals surface area contributed by atoms with E-state index in [9.17, 15) is 18.3 Å². The SMILES string of the molecule is C[C@@H]1CCCCO[C@H](CN(C)Cc2ccc(Cl)c(Cl)c2)[C@@H](C)CN([C@H](C)CO)C(=O)c2cc(NS(C)(=O)=O)ccc2O1. The Hall–Kier alpha value is -2.08. The molecule has 0 saturated heterocycles. The Morgan fingerprint density at radius 1 is 1.14 bits per heavy atom. The fraction of sp³-hybridized carbons (Fsp3) is 0.567. The molecule has 4 atom stereocenters. The number of rotatable bonds is 8. The van der Waals surface area contributed by atoms with Gasteiger partial charge in [0.25, 0.3) is 5.91 Å². The summed E-state index contributed by atoms with van der Waals surface area (Å²) in [6.45, 7) is 7.65. The maximum Gasteiger partial charge on any atom is 0.258 e. The van der Waals surface area contributed by atoms with E-state index in [2.05, 4.69) is 9.62 Å². The second-order valence-corrected chi connectivity index (χ2v) is 13.9. The molecule has 0 unspecified atom stereocenters. The first-order valence-electron chi connectivity index (χ1n) is 14.2. The van der Waals surface area contributed by atoms with E-state index in [1.807, 2.05) is 33.0 Å². The molecule has 0 saturated carbocycles. The number of sulfonamides is 1. The monoisotopic (exact) mass is 643 g/mol. The lowest BCUT2D eigenvalue weighted by molar-refractivity contribution is -0.0177. The minimum absolute atomic E-state index is 0.0947. The predicted molar refractivity (Wildman–Crippen MR) is 168 cm³/mol. The van der Waals surface area contributed by atoms with Gasteiger partial charge >= 0.3 is 0 Å². The number of anilines is 1. The van der Waals surface area contributed by atoms with Crippen LogP contribution in [0.1, 0.15) is 56.0 Å². The minimum Gasteiger partial charge on any atom is -0.490 e. The van der Waals surface area contributed by atoms with Gasteiger partial charge in [-0.3, -0.25) is 14.4 Å². The van der Waals surface area contributed by atoms with Gasteiger partial charge in [0, 0.05) is 37.8 Å². The van der Waals surface area contributed by atoms with Crippen LogP contribution in [0.25, 0.3) is 0 Å². The molecule has 234 valence electrons. The third-order valence-corrected chi connectivity index (χ3v) is 8.63. The molecule has 0 spiro atoms. The van der Waals surface area contributed by atoms with Gasteiger partial charge in [-0.05, 0) is 76.1 Å². The Bertz CT molecular complexity index is 1310. The van der Waals surface area contributed by atoms with Crippen LogP contribution in [-0.2, 0) is 21.3 Å². The number of halogens is 2. The van der Waals surface area contributed by atoms with Crippen molar-refractivity contribution in [3.05, 3.63) is 57.6 Å². The van der Waals surface area contributed by atoms with E-state index < -0.39 is 16.1 Å². The van der Waals surface area contributed by atoms with E-state index in [0.717, 1.165) is 31.1 Å². The molecule has 1 amide bonds. The lowest BCUT2D eigenvalue weighted by Crippen LogP contribution is -2.47. The van der Waals surface area contributed by atoms with Gasteiger partial charge in [0.05, 0.1) is 46.7 Å². The molecule has 2 aromatic carbocycles. The van der Waals surface area contributed by atoms with Crippen molar-refractivity contribution >= 4 is 44.8 Å². The van der Waals surface area contributed by atoms with Crippen LogP contribution < -0.4 is 9.46 Å².